The Hall–Kier alpha value is -3.17. The van der Waals surface area contributed by atoms with Crippen molar-refractivity contribution in [2.45, 2.75) is 19.0 Å². The van der Waals surface area contributed by atoms with E-state index < -0.39 is 6.17 Å². The summed E-state index contributed by atoms with van der Waals surface area (Å²) in [6.07, 6.45) is 6.34. The first kappa shape index (κ1) is 21.5. The highest BCUT2D eigenvalue weighted by Gasteiger charge is 2.22. The molecule has 0 bridgehead atoms. The van der Waals surface area contributed by atoms with Crippen molar-refractivity contribution in [2.24, 2.45) is 20.7 Å². The molecule has 2 aliphatic heterocycles. The van der Waals surface area contributed by atoms with Gasteiger partial charge in [0.15, 0.2) is 6.17 Å². The highest BCUT2D eigenvalue weighted by molar-refractivity contribution is 5.97. The number of nitrogens with one attached hydrogen (secondary N) is 3. The fourth-order valence-electron chi connectivity index (χ4n) is 3.11. The summed E-state index contributed by atoms with van der Waals surface area (Å²) in [5.41, 5.74) is 9.40. The number of ether oxygens (including phenoxy) is 1. The molecule has 0 aromatic heterocycles. The van der Waals surface area contributed by atoms with Gasteiger partial charge in [0.2, 0.25) is 5.96 Å². The number of methoxy groups -OCH3 is 1. The van der Waals surface area contributed by atoms with Gasteiger partial charge in [-0.15, -0.1) is 0 Å². The molecule has 9 nitrogen and oxygen atoms in total. The number of guanidine groups is 1. The predicted molar refractivity (Wildman–Crippen MR) is 121 cm³/mol. The lowest BCUT2D eigenvalue weighted by atomic mass is 10.0. The Labute approximate surface area is 176 Å². The van der Waals surface area contributed by atoms with Crippen LogP contribution in [0.2, 0.25) is 0 Å². The monoisotopic (exact) mass is 411 g/mol. The van der Waals surface area contributed by atoms with Gasteiger partial charge >= 0.3 is 0 Å². The second-order valence-electron chi connectivity index (χ2n) is 6.78. The first-order valence-electron chi connectivity index (χ1n) is 9.98. The number of rotatable bonds is 7. The number of aliphatic hydroxyl groups is 1. The lowest BCUT2D eigenvalue weighted by Gasteiger charge is -2.24. The number of aliphatic imine (C=N–C) groups is 3. The van der Waals surface area contributed by atoms with Crippen LogP contribution < -0.4 is 26.4 Å². The quantitative estimate of drug-likeness (QED) is 0.426. The zero-order valence-corrected chi connectivity index (χ0v) is 17.1. The zero-order valence-electron chi connectivity index (χ0n) is 17.1. The maximum atomic E-state index is 8.98. The standard InChI is InChI=1S/C21H29N7O2/c1-30-18-4-2-16(3-5-18)27-21-25-14-19(15(12-22)13-24-10-11-29)20(28-21)26-17-6-8-23-9-7-17/h2-5,12-14,20,23,29H,6-11,22H2,1H3,(H2,25,27,28). The number of piperidine rings is 1. The molecule has 0 aliphatic carbocycles. The summed E-state index contributed by atoms with van der Waals surface area (Å²) >= 11 is 0. The van der Waals surface area contributed by atoms with Gasteiger partial charge in [0, 0.05) is 54.2 Å². The van der Waals surface area contributed by atoms with Crippen LogP contribution in [0.15, 0.2) is 62.8 Å². The molecule has 1 unspecified atom stereocenters. The Morgan fingerprint density at radius 1 is 1.33 bits per heavy atom. The molecule has 1 atom stereocenters. The molecule has 0 spiro atoms. The van der Waals surface area contributed by atoms with Gasteiger partial charge in [0.1, 0.15) is 5.75 Å². The van der Waals surface area contributed by atoms with Crippen LogP contribution in [-0.4, -0.2) is 62.5 Å². The molecule has 0 saturated carbocycles. The van der Waals surface area contributed by atoms with Crippen LogP contribution in [-0.2, 0) is 0 Å². The summed E-state index contributed by atoms with van der Waals surface area (Å²) in [4.78, 5) is 13.9. The van der Waals surface area contributed by atoms with E-state index in [9.17, 15) is 0 Å². The number of aliphatic hydroxyl groups excluding tert-OH is 1. The molecular weight excluding hydrogens is 382 g/mol. The predicted octanol–water partition coefficient (Wildman–Crippen LogP) is 1.01. The molecule has 160 valence electrons. The van der Waals surface area contributed by atoms with Crippen LogP contribution in [0.25, 0.3) is 0 Å². The van der Waals surface area contributed by atoms with Gasteiger partial charge in [-0.1, -0.05) is 0 Å². The minimum atomic E-state index is -0.435. The van der Waals surface area contributed by atoms with E-state index in [2.05, 4.69) is 20.9 Å². The summed E-state index contributed by atoms with van der Waals surface area (Å²) in [6.45, 7) is 2.14. The summed E-state index contributed by atoms with van der Waals surface area (Å²) in [5, 5.41) is 18.8. The smallest absolute Gasteiger partial charge is 0.202 e. The van der Waals surface area contributed by atoms with Crippen LogP contribution in [0, 0.1) is 0 Å². The van der Waals surface area contributed by atoms with Crippen LogP contribution in [0.5, 0.6) is 5.75 Å². The van der Waals surface area contributed by atoms with Crippen molar-refractivity contribution in [3.8, 4) is 5.75 Å². The van der Waals surface area contributed by atoms with Gasteiger partial charge in [-0.05, 0) is 37.1 Å². The molecule has 1 aromatic rings. The second-order valence-corrected chi connectivity index (χ2v) is 6.78. The largest absolute Gasteiger partial charge is 0.497 e. The molecule has 1 aromatic carbocycles. The van der Waals surface area contributed by atoms with Gasteiger partial charge in [0.05, 0.1) is 20.3 Å². The van der Waals surface area contributed by atoms with Crippen molar-refractivity contribution in [3.63, 3.8) is 0 Å². The van der Waals surface area contributed by atoms with Crippen molar-refractivity contribution >= 4 is 23.6 Å². The second kappa shape index (κ2) is 11.1. The fraction of sp³-hybridized carbons (Fsp3) is 0.381. The minimum Gasteiger partial charge on any atom is -0.497 e. The molecule has 0 amide bonds. The van der Waals surface area contributed by atoms with Gasteiger partial charge in [-0.25, -0.2) is 4.99 Å². The summed E-state index contributed by atoms with van der Waals surface area (Å²) < 4.78 is 5.20. The van der Waals surface area contributed by atoms with Crippen LogP contribution in [0.3, 0.4) is 0 Å². The average molecular weight is 412 g/mol. The van der Waals surface area contributed by atoms with Crippen molar-refractivity contribution in [1.82, 2.24) is 10.6 Å². The first-order chi connectivity index (χ1) is 14.7. The Morgan fingerprint density at radius 3 is 2.77 bits per heavy atom. The first-order valence-corrected chi connectivity index (χ1v) is 9.98. The zero-order chi connectivity index (χ0) is 21.2. The van der Waals surface area contributed by atoms with E-state index in [4.69, 9.17) is 25.6 Å². The molecule has 6 N–H and O–H groups in total. The molecule has 3 rings (SSSR count). The Bertz CT molecular complexity index is 849. The third-order valence-corrected chi connectivity index (χ3v) is 4.70. The van der Waals surface area contributed by atoms with Crippen molar-refractivity contribution in [1.29, 1.82) is 0 Å². The van der Waals surface area contributed by atoms with E-state index in [-0.39, 0.29) is 6.61 Å². The summed E-state index contributed by atoms with van der Waals surface area (Å²) in [6, 6.07) is 7.60. The van der Waals surface area contributed by atoms with E-state index in [0.29, 0.717) is 18.1 Å². The van der Waals surface area contributed by atoms with Crippen LogP contribution >= 0.6 is 0 Å². The van der Waals surface area contributed by atoms with Gasteiger partial charge < -0.3 is 31.5 Å². The van der Waals surface area contributed by atoms with E-state index in [1.165, 1.54) is 6.20 Å². The Balaban J connectivity index is 1.83. The summed E-state index contributed by atoms with van der Waals surface area (Å²) in [7, 11) is 1.64. The van der Waals surface area contributed by atoms with Crippen molar-refractivity contribution < 1.29 is 9.84 Å². The Kier molecular flexibility index (Phi) is 7.99. The van der Waals surface area contributed by atoms with Crippen molar-refractivity contribution in [3.05, 3.63) is 47.8 Å². The Morgan fingerprint density at radius 2 is 2.10 bits per heavy atom. The van der Waals surface area contributed by atoms with Gasteiger partial charge in [0.25, 0.3) is 0 Å². The molecule has 0 radical (unpaired) electrons. The van der Waals surface area contributed by atoms with Crippen LogP contribution in [0.1, 0.15) is 12.8 Å². The number of anilines is 1. The lowest BCUT2D eigenvalue weighted by Crippen LogP contribution is -2.35. The van der Waals surface area contributed by atoms with Gasteiger partial charge in [-0.2, -0.15) is 0 Å². The van der Waals surface area contributed by atoms with E-state index in [1.807, 2.05) is 30.5 Å². The topological polar surface area (TPSA) is 129 Å². The number of hydrogen-bond acceptors (Lipinski definition) is 9. The normalized spacial score (nSPS) is 19.7. The maximum absolute atomic E-state index is 8.98. The lowest BCUT2D eigenvalue weighted by molar-refractivity contribution is 0.307. The maximum Gasteiger partial charge on any atom is 0.202 e. The third-order valence-electron chi connectivity index (χ3n) is 4.70. The van der Waals surface area contributed by atoms with E-state index in [1.54, 1.807) is 13.3 Å². The van der Waals surface area contributed by atoms with Crippen molar-refractivity contribution in [2.75, 3.05) is 38.7 Å². The third kappa shape index (κ3) is 5.91. The summed E-state index contributed by atoms with van der Waals surface area (Å²) in [5.74, 6) is 1.38. The molecule has 2 aliphatic rings. The van der Waals surface area contributed by atoms with Crippen LogP contribution in [0.4, 0.5) is 5.69 Å². The molecule has 30 heavy (non-hydrogen) atoms. The molecule has 9 heteroatoms. The SMILES string of the molecule is COc1ccc(NC2=NC(N=C3CCNCC3)C(C(C=NCCO)=CN)=CN2)cc1. The average Bonchev–Trinajstić information content (AvgIpc) is 2.79. The van der Waals surface area contributed by atoms with E-state index in [0.717, 1.165) is 48.7 Å². The minimum absolute atomic E-state index is 0.0154. The van der Waals surface area contributed by atoms with Gasteiger partial charge in [-0.3, -0.25) is 9.98 Å². The number of nitrogens with two attached hydrogens (primary N) is 1. The molecule has 1 fully saturated rings. The highest BCUT2D eigenvalue weighted by Crippen LogP contribution is 2.21. The molecule has 2 heterocycles. The number of benzene rings is 1. The fourth-order valence-corrected chi connectivity index (χ4v) is 3.11. The number of hydrogen-bond donors (Lipinski definition) is 5. The molecule has 1 saturated heterocycles. The van der Waals surface area contributed by atoms with E-state index >= 15 is 0 Å². The molecular formula is C21H29N7O2. The highest BCUT2D eigenvalue weighted by atomic mass is 16.5. The number of nitrogens with zero attached hydrogens (tertiary/aromatic N) is 3.